The fourth-order valence-corrected chi connectivity index (χ4v) is 8.03. The van der Waals surface area contributed by atoms with Crippen LogP contribution in [0.1, 0.15) is 47.2 Å². The lowest BCUT2D eigenvalue weighted by Crippen LogP contribution is -2.54. The molecule has 4 nitrogen and oxygen atoms in total. The Morgan fingerprint density at radius 1 is 0.520 bits per heavy atom. The Morgan fingerprint density at radius 2 is 0.800 bits per heavy atom. The maximum absolute atomic E-state index is 13.3. The van der Waals surface area contributed by atoms with E-state index in [1.807, 2.05) is 72.8 Å². The monoisotopic (exact) mass is 678 g/mol. The van der Waals surface area contributed by atoms with Crippen LogP contribution in [-0.4, -0.2) is 36.0 Å². The second kappa shape index (κ2) is 18.2. The minimum absolute atomic E-state index is 0.294. The fourth-order valence-electron chi connectivity index (χ4n) is 6.48. The van der Waals surface area contributed by atoms with Crippen LogP contribution in [0.25, 0.3) is 0 Å². The second-order valence-corrected chi connectivity index (χ2v) is 13.2. The van der Waals surface area contributed by atoms with Gasteiger partial charge in [-0.1, -0.05) is 196 Å². The number of hydrogen-bond donors (Lipinski definition) is 3. The Hall–Kier alpha value is -4.94. The summed E-state index contributed by atoms with van der Waals surface area (Å²) in [5.74, 6) is -0.611. The first kappa shape index (κ1) is 36.3. The minimum atomic E-state index is -0.914. The molecule has 3 N–H and O–H groups in total. The molecule has 1 atom stereocenters. The van der Waals surface area contributed by atoms with Crippen molar-refractivity contribution in [2.45, 2.75) is 30.2 Å². The number of carboxylic acids is 1. The number of nitrogens with one attached hydrogen (secondary N) is 2. The van der Waals surface area contributed by atoms with Gasteiger partial charge in [0.15, 0.2) is 0 Å². The summed E-state index contributed by atoms with van der Waals surface area (Å²) in [5.41, 5.74) is 5.28. The standard InChI is InChI=1S/C41H35NO2S.C4H11N/c43-39(44)38(42-40(32-19-7-1-8-20-32,33-21-9-2-10-22-33)34-23-11-3-12-24-34)31-45-41(35-25-13-4-14-26-35,36-27-15-5-16-28-36)37-29-17-6-18-30-37;1-3-5-4-2/h1-30,38,42H,31H2,(H,43,44);5H,3-4H2,1-2H3. The van der Waals surface area contributed by atoms with E-state index < -0.39 is 22.3 Å². The first-order chi connectivity index (χ1) is 24.6. The maximum Gasteiger partial charge on any atom is 0.321 e. The van der Waals surface area contributed by atoms with Crippen molar-refractivity contribution in [1.82, 2.24) is 10.6 Å². The molecule has 0 amide bonds. The molecule has 0 aliphatic rings. The van der Waals surface area contributed by atoms with E-state index in [9.17, 15) is 9.90 Å². The van der Waals surface area contributed by atoms with Crippen molar-refractivity contribution in [2.75, 3.05) is 18.8 Å². The van der Waals surface area contributed by atoms with Gasteiger partial charge in [-0.3, -0.25) is 10.1 Å². The van der Waals surface area contributed by atoms with Gasteiger partial charge in [-0.25, -0.2) is 0 Å². The lowest BCUT2D eigenvalue weighted by atomic mass is 9.76. The Kier molecular flexibility index (Phi) is 13.2. The summed E-state index contributed by atoms with van der Waals surface area (Å²) in [4.78, 5) is 13.3. The van der Waals surface area contributed by atoms with E-state index in [1.165, 1.54) is 0 Å². The average molecular weight is 679 g/mol. The zero-order valence-corrected chi connectivity index (χ0v) is 29.6. The molecule has 0 aliphatic heterocycles. The molecule has 5 heteroatoms. The molecule has 0 radical (unpaired) electrons. The second-order valence-electron chi connectivity index (χ2n) is 11.9. The molecule has 50 heavy (non-hydrogen) atoms. The van der Waals surface area contributed by atoms with E-state index in [1.54, 1.807) is 11.8 Å². The van der Waals surface area contributed by atoms with Crippen LogP contribution in [0, 0.1) is 0 Å². The normalized spacial score (nSPS) is 12.0. The van der Waals surface area contributed by atoms with Gasteiger partial charge in [-0.05, 0) is 46.5 Å². The summed E-state index contributed by atoms with van der Waals surface area (Å²) in [6.07, 6.45) is 0. The van der Waals surface area contributed by atoms with Gasteiger partial charge in [-0.2, -0.15) is 0 Å². The van der Waals surface area contributed by atoms with E-state index in [-0.39, 0.29) is 0 Å². The molecular formula is C45H46N2O2S. The molecule has 0 saturated heterocycles. The van der Waals surface area contributed by atoms with Gasteiger partial charge in [0, 0.05) is 5.75 Å². The Bertz CT molecular complexity index is 1640. The van der Waals surface area contributed by atoms with Gasteiger partial charge in [0.05, 0.1) is 10.3 Å². The highest BCUT2D eigenvalue weighted by molar-refractivity contribution is 8.00. The van der Waals surface area contributed by atoms with Crippen molar-refractivity contribution in [3.63, 3.8) is 0 Å². The lowest BCUT2D eigenvalue weighted by Gasteiger charge is -2.41. The van der Waals surface area contributed by atoms with Gasteiger partial charge >= 0.3 is 5.97 Å². The Morgan fingerprint density at radius 3 is 1.04 bits per heavy atom. The van der Waals surface area contributed by atoms with E-state index >= 15 is 0 Å². The number of carboxylic acid groups (broad SMARTS) is 1. The number of rotatable bonds is 14. The van der Waals surface area contributed by atoms with Crippen molar-refractivity contribution < 1.29 is 9.90 Å². The van der Waals surface area contributed by atoms with E-state index in [0.29, 0.717) is 5.75 Å². The molecule has 6 aromatic carbocycles. The molecule has 1 unspecified atom stereocenters. The third kappa shape index (κ3) is 8.26. The first-order valence-electron chi connectivity index (χ1n) is 17.2. The van der Waals surface area contributed by atoms with E-state index in [0.717, 1.165) is 46.5 Å². The van der Waals surface area contributed by atoms with Gasteiger partial charge in [0.2, 0.25) is 0 Å². The van der Waals surface area contributed by atoms with Gasteiger partial charge in [-0.15, -0.1) is 11.8 Å². The third-order valence-corrected chi connectivity index (χ3v) is 10.5. The predicted molar refractivity (Wildman–Crippen MR) is 210 cm³/mol. The summed E-state index contributed by atoms with van der Waals surface area (Å²) >= 11 is 1.65. The highest BCUT2D eigenvalue weighted by atomic mass is 32.2. The number of hydrogen-bond acceptors (Lipinski definition) is 4. The fraction of sp³-hybridized carbons (Fsp3) is 0.178. The molecule has 0 saturated carbocycles. The zero-order valence-electron chi connectivity index (χ0n) is 28.8. The smallest absolute Gasteiger partial charge is 0.321 e. The number of carbonyl (C=O) groups is 1. The topological polar surface area (TPSA) is 61.4 Å². The van der Waals surface area contributed by atoms with Gasteiger partial charge < -0.3 is 10.4 Å². The van der Waals surface area contributed by atoms with Crippen LogP contribution in [0.4, 0.5) is 0 Å². The molecule has 0 heterocycles. The van der Waals surface area contributed by atoms with Crippen LogP contribution in [0.2, 0.25) is 0 Å². The molecular weight excluding hydrogens is 633 g/mol. The van der Waals surface area contributed by atoms with Crippen LogP contribution in [0.15, 0.2) is 182 Å². The molecule has 0 aromatic heterocycles. The molecule has 0 fully saturated rings. The number of aliphatic carboxylic acids is 1. The molecule has 0 spiro atoms. The summed E-state index contributed by atoms with van der Waals surface area (Å²) in [7, 11) is 0. The average Bonchev–Trinajstić information content (AvgIpc) is 3.19. The number of thioether (sulfide) groups is 1. The van der Waals surface area contributed by atoms with Crippen molar-refractivity contribution in [2.24, 2.45) is 0 Å². The van der Waals surface area contributed by atoms with Crippen molar-refractivity contribution in [1.29, 1.82) is 0 Å². The van der Waals surface area contributed by atoms with Gasteiger partial charge in [0.25, 0.3) is 0 Å². The summed E-state index contributed by atoms with van der Waals surface area (Å²) in [6, 6.07) is 60.7. The van der Waals surface area contributed by atoms with Crippen molar-refractivity contribution in [3.8, 4) is 0 Å². The minimum Gasteiger partial charge on any atom is -0.480 e. The van der Waals surface area contributed by atoms with Crippen LogP contribution in [-0.2, 0) is 15.1 Å². The maximum atomic E-state index is 13.3. The summed E-state index contributed by atoms with van der Waals surface area (Å²) in [6.45, 7) is 6.39. The zero-order chi connectivity index (χ0) is 35.1. The quantitative estimate of drug-likeness (QED) is 0.100. The molecule has 254 valence electrons. The van der Waals surface area contributed by atoms with E-state index in [4.69, 9.17) is 0 Å². The van der Waals surface area contributed by atoms with Crippen LogP contribution in [0.5, 0.6) is 0 Å². The van der Waals surface area contributed by atoms with Crippen molar-refractivity contribution in [3.05, 3.63) is 215 Å². The summed E-state index contributed by atoms with van der Waals surface area (Å²) in [5, 5.41) is 17.7. The van der Waals surface area contributed by atoms with E-state index in [2.05, 4.69) is 134 Å². The third-order valence-electron chi connectivity index (χ3n) is 8.82. The van der Waals surface area contributed by atoms with Crippen LogP contribution >= 0.6 is 11.8 Å². The Balaban J connectivity index is 0.000000908. The highest BCUT2D eigenvalue weighted by Gasteiger charge is 2.42. The largest absolute Gasteiger partial charge is 0.480 e. The van der Waals surface area contributed by atoms with Crippen LogP contribution in [0.3, 0.4) is 0 Å². The Labute approximate surface area is 301 Å². The van der Waals surface area contributed by atoms with Gasteiger partial charge in [0.1, 0.15) is 6.04 Å². The lowest BCUT2D eigenvalue weighted by molar-refractivity contribution is -0.139. The first-order valence-corrected chi connectivity index (χ1v) is 18.2. The predicted octanol–water partition coefficient (Wildman–Crippen LogP) is 9.36. The summed E-state index contributed by atoms with van der Waals surface area (Å²) < 4.78 is -0.645. The highest BCUT2D eigenvalue weighted by Crippen LogP contribution is 2.49. The molecule has 6 rings (SSSR count). The molecule has 0 bridgehead atoms. The molecule has 0 aliphatic carbocycles. The molecule has 6 aromatic rings. The van der Waals surface area contributed by atoms with Crippen LogP contribution < -0.4 is 10.6 Å². The number of benzene rings is 6. The van der Waals surface area contributed by atoms with Crippen molar-refractivity contribution >= 4 is 17.7 Å². The SMILES string of the molecule is CCNCC.O=C(O)C(CSC(c1ccccc1)(c1ccccc1)c1ccccc1)NC(c1ccccc1)(c1ccccc1)c1ccccc1.